The van der Waals surface area contributed by atoms with Gasteiger partial charge in [0, 0.05) is 37.0 Å². The maximum Gasteiger partial charge on any atom is 0.246 e. The molecule has 1 unspecified atom stereocenters. The first kappa shape index (κ1) is 22.8. The van der Waals surface area contributed by atoms with Crippen molar-refractivity contribution < 1.29 is 13.9 Å². The van der Waals surface area contributed by atoms with Crippen LogP contribution in [0.5, 0.6) is 11.6 Å². The zero-order chi connectivity index (χ0) is 24.1. The van der Waals surface area contributed by atoms with Crippen molar-refractivity contribution in [3.8, 4) is 11.6 Å². The van der Waals surface area contributed by atoms with E-state index in [4.69, 9.17) is 15.9 Å². The Labute approximate surface area is 196 Å². The lowest BCUT2D eigenvalue weighted by Gasteiger charge is -2.33. The highest BCUT2D eigenvalue weighted by Gasteiger charge is 2.25. The second-order valence-electron chi connectivity index (χ2n) is 7.75. The number of rotatable bonds is 7. The van der Waals surface area contributed by atoms with E-state index in [0.717, 1.165) is 12.8 Å². The number of pyridine rings is 1. The highest BCUT2D eigenvalue weighted by Crippen LogP contribution is 2.26. The van der Waals surface area contributed by atoms with Crippen molar-refractivity contribution in [1.82, 2.24) is 19.9 Å². The number of piperidine rings is 1. The number of nitrogens with one attached hydrogen (secondary N) is 2. The van der Waals surface area contributed by atoms with Crippen LogP contribution in [0.1, 0.15) is 24.0 Å². The maximum atomic E-state index is 13.8. The molecule has 1 aromatic carbocycles. The van der Waals surface area contributed by atoms with Gasteiger partial charge in [-0.3, -0.25) is 10.2 Å². The van der Waals surface area contributed by atoms with Gasteiger partial charge in [0.2, 0.25) is 11.8 Å². The molecule has 1 saturated heterocycles. The third-order valence-corrected chi connectivity index (χ3v) is 5.45. The molecule has 0 radical (unpaired) electrons. The lowest BCUT2D eigenvalue weighted by Crippen LogP contribution is -2.44. The summed E-state index contributed by atoms with van der Waals surface area (Å²) in [4.78, 5) is 26.3. The number of para-hydroxylation sites is 1. The third kappa shape index (κ3) is 5.01. The van der Waals surface area contributed by atoms with Crippen LogP contribution in [0.15, 0.2) is 61.6 Å². The number of carbonyl (C=O) groups excluding carboxylic acids is 1. The first-order valence-electron chi connectivity index (χ1n) is 10.7. The summed E-state index contributed by atoms with van der Waals surface area (Å²) in [6.07, 6.45) is 5.74. The van der Waals surface area contributed by atoms with E-state index in [9.17, 15) is 9.18 Å². The largest absolute Gasteiger partial charge is 0.436 e. The van der Waals surface area contributed by atoms with Crippen LogP contribution in [-0.2, 0) is 4.79 Å². The van der Waals surface area contributed by atoms with Crippen LogP contribution in [0.4, 0.5) is 16.0 Å². The lowest BCUT2D eigenvalue weighted by molar-refractivity contribution is -0.127. The molecule has 2 aromatic heterocycles. The summed E-state index contributed by atoms with van der Waals surface area (Å²) in [5.41, 5.74) is 6.97. The van der Waals surface area contributed by atoms with Gasteiger partial charge in [0.05, 0.1) is 11.3 Å². The van der Waals surface area contributed by atoms with Crippen LogP contribution in [-0.4, -0.2) is 50.6 Å². The summed E-state index contributed by atoms with van der Waals surface area (Å²) in [5, 5.41) is 12.0. The number of hydrogen-bond donors (Lipinski definition) is 3. The summed E-state index contributed by atoms with van der Waals surface area (Å²) >= 11 is 0. The number of likely N-dealkylation sites (tertiary alicyclic amines) is 1. The third-order valence-electron chi connectivity index (χ3n) is 5.45. The Morgan fingerprint density at radius 1 is 1.26 bits per heavy atom. The van der Waals surface area contributed by atoms with Crippen molar-refractivity contribution in [2.45, 2.75) is 18.9 Å². The Kier molecular flexibility index (Phi) is 6.77. The normalized spacial score (nSPS) is 15.4. The minimum absolute atomic E-state index is 0.0569. The molecule has 1 atom stereocenters. The van der Waals surface area contributed by atoms with Crippen molar-refractivity contribution in [1.29, 1.82) is 5.41 Å². The van der Waals surface area contributed by atoms with Gasteiger partial charge >= 0.3 is 0 Å². The molecule has 1 aliphatic heterocycles. The van der Waals surface area contributed by atoms with E-state index in [-0.39, 0.29) is 35.1 Å². The fourth-order valence-corrected chi connectivity index (χ4v) is 3.75. The van der Waals surface area contributed by atoms with E-state index in [1.54, 1.807) is 29.2 Å². The van der Waals surface area contributed by atoms with E-state index >= 15 is 0 Å². The molecule has 3 aromatic rings. The topological polar surface area (TPSA) is 130 Å². The predicted octanol–water partition coefficient (Wildman–Crippen LogP) is 3.39. The molecule has 3 heterocycles. The molecule has 0 saturated carbocycles. The number of benzene rings is 1. The first-order chi connectivity index (χ1) is 16.5. The number of ether oxygens (including phenoxy) is 1. The molecule has 4 N–H and O–H groups in total. The minimum Gasteiger partial charge on any atom is -0.436 e. The van der Waals surface area contributed by atoms with Gasteiger partial charge in [0.1, 0.15) is 18.0 Å². The molecule has 4 rings (SSSR count). The Bertz CT molecular complexity index is 1220. The van der Waals surface area contributed by atoms with E-state index in [0.29, 0.717) is 30.0 Å². The van der Waals surface area contributed by atoms with Gasteiger partial charge in [-0.05, 0) is 37.1 Å². The highest BCUT2D eigenvalue weighted by molar-refractivity contribution is 6.16. The number of anilines is 2. The Morgan fingerprint density at radius 2 is 2.09 bits per heavy atom. The monoisotopic (exact) mass is 461 g/mol. The average Bonchev–Trinajstić information content (AvgIpc) is 2.85. The van der Waals surface area contributed by atoms with Crippen LogP contribution >= 0.6 is 0 Å². The molecular formula is C24H24FN7O2. The number of nitrogen functional groups attached to an aromatic ring is 1. The van der Waals surface area contributed by atoms with Crippen LogP contribution < -0.4 is 15.8 Å². The number of carbonyl (C=O) groups is 1. The lowest BCUT2D eigenvalue weighted by atomic mass is 10.0. The number of halogens is 1. The minimum atomic E-state index is -0.498. The van der Waals surface area contributed by atoms with Crippen molar-refractivity contribution in [3.05, 3.63) is 78.5 Å². The van der Waals surface area contributed by atoms with Crippen molar-refractivity contribution in [2.75, 3.05) is 24.1 Å². The van der Waals surface area contributed by atoms with Gasteiger partial charge < -0.3 is 20.7 Å². The molecule has 0 bridgehead atoms. The number of aromatic nitrogens is 3. The van der Waals surface area contributed by atoms with E-state index < -0.39 is 5.82 Å². The number of nitrogens with zero attached hydrogens (tertiary/aromatic N) is 4. The van der Waals surface area contributed by atoms with Gasteiger partial charge in [-0.1, -0.05) is 18.7 Å². The zero-order valence-electron chi connectivity index (χ0n) is 18.4. The summed E-state index contributed by atoms with van der Waals surface area (Å²) in [6.45, 7) is 4.71. The summed E-state index contributed by atoms with van der Waals surface area (Å²) in [6, 6.07) is 9.14. The molecule has 0 aliphatic carbocycles. The van der Waals surface area contributed by atoms with Gasteiger partial charge in [-0.2, -0.15) is 0 Å². The number of amides is 1. The highest BCUT2D eigenvalue weighted by atomic mass is 19.1. The first-order valence-corrected chi connectivity index (χ1v) is 10.7. The molecular weight excluding hydrogens is 437 g/mol. The van der Waals surface area contributed by atoms with Crippen LogP contribution in [0.25, 0.3) is 0 Å². The average molecular weight is 462 g/mol. The fraction of sp³-hybridized carbons (Fsp3) is 0.208. The summed E-state index contributed by atoms with van der Waals surface area (Å²) in [5.74, 6) is 0.173. The van der Waals surface area contributed by atoms with E-state index in [2.05, 4.69) is 26.8 Å². The molecule has 1 amide bonds. The van der Waals surface area contributed by atoms with Gasteiger partial charge in [0.25, 0.3) is 0 Å². The second kappa shape index (κ2) is 10.1. The zero-order valence-corrected chi connectivity index (χ0v) is 18.4. The molecule has 1 fully saturated rings. The van der Waals surface area contributed by atoms with E-state index in [1.165, 1.54) is 30.7 Å². The fourth-order valence-electron chi connectivity index (χ4n) is 3.75. The quantitative estimate of drug-likeness (QED) is 0.363. The number of hydrogen-bond acceptors (Lipinski definition) is 8. The molecule has 174 valence electrons. The number of nitrogens with two attached hydrogens (primary N) is 1. The molecule has 9 nitrogen and oxygen atoms in total. The molecule has 0 spiro atoms. The SMILES string of the molecule is C=CC(=O)N1CCCC(Nc2ncnc(N)c2C(=N)c2ccc(Oc3ccccc3F)nc2)C1. The van der Waals surface area contributed by atoms with Crippen LogP contribution in [0.3, 0.4) is 0 Å². The maximum absolute atomic E-state index is 13.8. The molecule has 10 heteroatoms. The Hall–Kier alpha value is -4.34. The smallest absolute Gasteiger partial charge is 0.246 e. The molecule has 34 heavy (non-hydrogen) atoms. The van der Waals surface area contributed by atoms with Gasteiger partial charge in [-0.25, -0.2) is 19.3 Å². The van der Waals surface area contributed by atoms with Crippen molar-refractivity contribution in [2.24, 2.45) is 0 Å². The van der Waals surface area contributed by atoms with Gasteiger partial charge in [-0.15, -0.1) is 0 Å². The Morgan fingerprint density at radius 3 is 2.82 bits per heavy atom. The van der Waals surface area contributed by atoms with Crippen molar-refractivity contribution >= 4 is 23.3 Å². The summed E-state index contributed by atoms with van der Waals surface area (Å²) in [7, 11) is 0. The predicted molar refractivity (Wildman–Crippen MR) is 127 cm³/mol. The van der Waals surface area contributed by atoms with Crippen LogP contribution in [0, 0.1) is 11.2 Å². The second-order valence-corrected chi connectivity index (χ2v) is 7.75. The summed E-state index contributed by atoms with van der Waals surface area (Å²) < 4.78 is 19.3. The van der Waals surface area contributed by atoms with Crippen molar-refractivity contribution in [3.63, 3.8) is 0 Å². The standard InChI is InChI=1S/C24H24FN7O2/c1-2-20(33)32-11-5-6-16(13-32)31-24-21(23(27)29-14-30-24)22(26)15-9-10-19(28-12-15)34-18-8-4-3-7-17(18)25/h2-4,7-10,12,14,16,26H,1,5-6,11,13H2,(H3,27,29,30,31). The van der Waals surface area contributed by atoms with Gasteiger partial charge in [0.15, 0.2) is 11.6 Å². The van der Waals surface area contributed by atoms with E-state index in [1.807, 2.05) is 0 Å². The van der Waals surface area contributed by atoms with Crippen LogP contribution in [0.2, 0.25) is 0 Å². The molecule has 1 aliphatic rings. The Balaban J connectivity index is 1.53.